The third kappa shape index (κ3) is 3.66. The van der Waals surface area contributed by atoms with Crippen LogP contribution in [0.3, 0.4) is 0 Å². The number of halogens is 1. The zero-order valence-corrected chi connectivity index (χ0v) is 20.0. The van der Waals surface area contributed by atoms with E-state index in [1.54, 1.807) is 26.0 Å². The zero-order valence-electron chi connectivity index (χ0n) is 18.5. The minimum atomic E-state index is -0.329. The zero-order chi connectivity index (χ0) is 23.1. The summed E-state index contributed by atoms with van der Waals surface area (Å²) in [4.78, 5) is 18.0. The van der Waals surface area contributed by atoms with E-state index >= 15 is 0 Å². The number of ketones is 1. The van der Waals surface area contributed by atoms with Crippen LogP contribution in [0.4, 0.5) is 5.95 Å². The molecule has 0 bridgehead atoms. The number of ether oxygens (including phenoxy) is 3. The van der Waals surface area contributed by atoms with E-state index in [2.05, 4.69) is 31.3 Å². The van der Waals surface area contributed by atoms with Crippen LogP contribution in [0.5, 0.6) is 17.2 Å². The number of fused-ring (bicyclic) bond motifs is 1. The van der Waals surface area contributed by atoms with Gasteiger partial charge in [-0.3, -0.25) is 4.79 Å². The fraction of sp³-hybridized carbons (Fsp3) is 0.292. The largest absolute Gasteiger partial charge is 0.493 e. The summed E-state index contributed by atoms with van der Waals surface area (Å²) in [6.07, 6.45) is 2.53. The number of carbonyl (C=O) groups excluding carboxylic acids is 1. The number of nitrogens with one attached hydrogen (secondary N) is 1. The Morgan fingerprint density at radius 2 is 1.79 bits per heavy atom. The molecule has 0 unspecified atom stereocenters. The molecule has 33 heavy (non-hydrogen) atoms. The van der Waals surface area contributed by atoms with Gasteiger partial charge >= 0.3 is 0 Å². The van der Waals surface area contributed by atoms with E-state index in [1.807, 2.05) is 36.4 Å². The van der Waals surface area contributed by atoms with Crippen molar-refractivity contribution in [2.24, 2.45) is 0 Å². The topological polar surface area (TPSA) is 87.5 Å². The molecule has 2 aromatic carbocycles. The highest BCUT2D eigenvalue weighted by Gasteiger charge is 2.39. The average molecular weight is 511 g/mol. The monoisotopic (exact) mass is 510 g/mol. The number of hydrogen-bond donors (Lipinski definition) is 1. The maximum Gasteiger partial charge on any atom is 0.226 e. The Labute approximate surface area is 199 Å². The Balaban J connectivity index is 1.58. The number of methoxy groups -OCH3 is 3. The standard InChI is InChI=1S/C24H23BrN4O4/c1-31-19-10-15(11-20(32-2)23(19)33-3)14-8-17-21(18(30)9-14)22(13-5-4-6-16(25)7-13)29-24(28-17)26-12-27-29/h4-7,10-12,14,22H,8-9H2,1-3H3,(H,26,27,28)/t14-,22+/m0/s1. The molecule has 1 aliphatic carbocycles. The second-order valence-electron chi connectivity index (χ2n) is 7.99. The van der Waals surface area contributed by atoms with Gasteiger partial charge in [-0.1, -0.05) is 28.1 Å². The van der Waals surface area contributed by atoms with Gasteiger partial charge in [0.15, 0.2) is 17.3 Å². The Bertz CT molecular complexity index is 1240. The van der Waals surface area contributed by atoms with Gasteiger partial charge in [-0.2, -0.15) is 10.1 Å². The third-order valence-corrected chi connectivity index (χ3v) is 6.68. The van der Waals surface area contributed by atoms with Gasteiger partial charge in [-0.05, 0) is 47.7 Å². The Morgan fingerprint density at radius 3 is 2.45 bits per heavy atom. The van der Waals surface area contributed by atoms with Gasteiger partial charge in [-0.15, -0.1) is 0 Å². The maximum absolute atomic E-state index is 13.6. The van der Waals surface area contributed by atoms with E-state index in [0.29, 0.717) is 36.0 Å². The number of benzene rings is 2. The van der Waals surface area contributed by atoms with Crippen molar-refractivity contribution in [1.29, 1.82) is 0 Å². The minimum absolute atomic E-state index is 0.0462. The predicted octanol–water partition coefficient (Wildman–Crippen LogP) is 4.48. The first-order valence-corrected chi connectivity index (χ1v) is 11.3. The van der Waals surface area contributed by atoms with Gasteiger partial charge in [0.25, 0.3) is 0 Å². The molecule has 2 aliphatic rings. The normalized spacial score (nSPS) is 19.5. The van der Waals surface area contributed by atoms with Crippen LogP contribution in [-0.4, -0.2) is 41.9 Å². The van der Waals surface area contributed by atoms with Crippen LogP contribution in [0.15, 0.2) is 58.5 Å². The van der Waals surface area contributed by atoms with Crippen LogP contribution in [0.2, 0.25) is 0 Å². The van der Waals surface area contributed by atoms with Gasteiger partial charge in [0, 0.05) is 22.2 Å². The van der Waals surface area contributed by atoms with E-state index in [-0.39, 0.29) is 17.7 Å². The van der Waals surface area contributed by atoms with Crippen LogP contribution in [0.1, 0.15) is 35.9 Å². The average Bonchev–Trinajstić information content (AvgIpc) is 3.29. The van der Waals surface area contributed by atoms with Crippen molar-refractivity contribution in [3.8, 4) is 17.2 Å². The quantitative estimate of drug-likeness (QED) is 0.541. The second-order valence-corrected chi connectivity index (χ2v) is 8.91. The van der Waals surface area contributed by atoms with E-state index in [9.17, 15) is 4.79 Å². The molecule has 2 heterocycles. The molecule has 0 fully saturated rings. The highest BCUT2D eigenvalue weighted by atomic mass is 79.9. The summed E-state index contributed by atoms with van der Waals surface area (Å²) in [5.41, 5.74) is 3.53. The van der Waals surface area contributed by atoms with Crippen LogP contribution >= 0.6 is 15.9 Å². The lowest BCUT2D eigenvalue weighted by Gasteiger charge is -2.35. The van der Waals surface area contributed by atoms with Crippen molar-refractivity contribution in [2.75, 3.05) is 26.6 Å². The molecule has 0 radical (unpaired) electrons. The number of hydrogen-bond acceptors (Lipinski definition) is 7. The van der Waals surface area contributed by atoms with Crippen molar-refractivity contribution in [1.82, 2.24) is 14.8 Å². The van der Waals surface area contributed by atoms with Crippen LogP contribution in [0, 0.1) is 0 Å². The van der Waals surface area contributed by atoms with Crippen molar-refractivity contribution in [2.45, 2.75) is 24.8 Å². The molecule has 170 valence electrons. The first kappa shape index (κ1) is 21.5. The van der Waals surface area contributed by atoms with Crippen molar-refractivity contribution >= 4 is 27.7 Å². The molecule has 0 saturated heterocycles. The number of Topliss-reactive ketones (excluding diaryl/α,β-unsaturated/α-hetero) is 1. The molecule has 1 N–H and O–H groups in total. The molecule has 9 heteroatoms. The van der Waals surface area contributed by atoms with Crippen molar-refractivity contribution in [3.05, 3.63) is 69.6 Å². The van der Waals surface area contributed by atoms with Gasteiger partial charge < -0.3 is 19.5 Å². The Hall–Kier alpha value is -3.33. The first-order valence-electron chi connectivity index (χ1n) is 10.5. The lowest BCUT2D eigenvalue weighted by Crippen LogP contribution is -2.33. The number of anilines is 1. The van der Waals surface area contributed by atoms with Gasteiger partial charge in [0.1, 0.15) is 12.4 Å². The summed E-state index contributed by atoms with van der Waals surface area (Å²) < 4.78 is 19.2. The molecule has 3 aromatic rings. The van der Waals surface area contributed by atoms with Gasteiger partial charge in [-0.25, -0.2) is 4.68 Å². The van der Waals surface area contributed by atoms with Crippen LogP contribution in [-0.2, 0) is 4.79 Å². The van der Waals surface area contributed by atoms with Gasteiger partial charge in [0.05, 0.1) is 21.3 Å². The van der Waals surface area contributed by atoms with E-state index < -0.39 is 0 Å². The smallest absolute Gasteiger partial charge is 0.226 e. The van der Waals surface area contributed by atoms with E-state index in [4.69, 9.17) is 14.2 Å². The van der Waals surface area contributed by atoms with E-state index in [1.165, 1.54) is 6.33 Å². The fourth-order valence-electron chi connectivity index (χ4n) is 4.71. The van der Waals surface area contributed by atoms with E-state index in [0.717, 1.165) is 26.9 Å². The van der Waals surface area contributed by atoms with Gasteiger partial charge in [0.2, 0.25) is 11.7 Å². The number of nitrogens with zero attached hydrogens (tertiary/aromatic N) is 3. The lowest BCUT2D eigenvalue weighted by atomic mass is 9.78. The first-order chi connectivity index (χ1) is 16.0. The summed E-state index contributed by atoms with van der Waals surface area (Å²) >= 11 is 3.55. The van der Waals surface area contributed by atoms with Crippen LogP contribution in [0.25, 0.3) is 0 Å². The highest BCUT2D eigenvalue weighted by molar-refractivity contribution is 9.10. The molecule has 5 rings (SSSR count). The molecule has 0 spiro atoms. The third-order valence-electron chi connectivity index (χ3n) is 6.18. The molecule has 2 atom stereocenters. The maximum atomic E-state index is 13.6. The van der Waals surface area contributed by atoms with Crippen molar-refractivity contribution in [3.63, 3.8) is 0 Å². The predicted molar refractivity (Wildman–Crippen MR) is 126 cm³/mol. The summed E-state index contributed by atoms with van der Waals surface area (Å²) in [7, 11) is 4.75. The lowest BCUT2D eigenvalue weighted by molar-refractivity contribution is -0.116. The minimum Gasteiger partial charge on any atom is -0.493 e. The molecular formula is C24H23BrN4O4. The molecule has 1 aliphatic heterocycles. The van der Waals surface area contributed by atoms with Crippen molar-refractivity contribution < 1.29 is 19.0 Å². The summed E-state index contributed by atoms with van der Waals surface area (Å²) in [6.45, 7) is 0. The van der Waals surface area contributed by atoms with Crippen LogP contribution < -0.4 is 19.5 Å². The summed E-state index contributed by atoms with van der Waals surface area (Å²) in [5, 5.41) is 7.76. The SMILES string of the molecule is COc1cc([C@@H]2CC(=O)C3=C(C2)Nc2ncnn2[C@@H]3c2cccc(Br)c2)cc(OC)c1OC. The molecular weight excluding hydrogens is 488 g/mol. The molecule has 0 saturated carbocycles. The fourth-order valence-corrected chi connectivity index (χ4v) is 5.13. The molecule has 1 aromatic heterocycles. The Kier molecular flexibility index (Phi) is 5.57. The Morgan fingerprint density at radius 1 is 1.03 bits per heavy atom. The number of aromatic nitrogens is 3. The highest BCUT2D eigenvalue weighted by Crippen LogP contribution is 2.47. The number of allylic oxidation sites excluding steroid dienone is 2. The number of carbonyl (C=O) groups is 1. The molecule has 0 amide bonds. The summed E-state index contributed by atoms with van der Waals surface area (Å²) in [5.74, 6) is 2.33. The second kappa shape index (κ2) is 8.55. The number of rotatable bonds is 5. The molecule has 8 nitrogen and oxygen atoms in total. The summed E-state index contributed by atoms with van der Waals surface area (Å²) in [6, 6.07) is 11.5.